The van der Waals surface area contributed by atoms with E-state index in [1.807, 2.05) is 13.8 Å². The maximum Gasteiger partial charge on any atom is 0.232 e. The average Bonchev–Trinajstić information content (AvgIpc) is 2.53. The number of methoxy groups -OCH3 is 1. The molecule has 0 saturated heterocycles. The second-order valence-corrected chi connectivity index (χ2v) is 7.54. The second kappa shape index (κ2) is 9.52. The van der Waals surface area contributed by atoms with Gasteiger partial charge in [0, 0.05) is 26.1 Å². The minimum Gasteiger partial charge on any atom is -0.495 e. The van der Waals surface area contributed by atoms with E-state index in [9.17, 15) is 13.2 Å². The van der Waals surface area contributed by atoms with Crippen LogP contribution in [0.2, 0.25) is 0 Å². The van der Waals surface area contributed by atoms with Crippen LogP contribution >= 0.6 is 0 Å². The zero-order chi connectivity index (χ0) is 18.2. The number of nitrogens with zero attached hydrogens (tertiary/aromatic N) is 2. The molecule has 0 unspecified atom stereocenters. The van der Waals surface area contributed by atoms with Crippen LogP contribution in [0.15, 0.2) is 24.3 Å². The summed E-state index contributed by atoms with van der Waals surface area (Å²) >= 11 is 0. The Bertz CT molecular complexity index is 625. The molecular formula is C17H28N2O4S. The van der Waals surface area contributed by atoms with Crippen LogP contribution in [0.1, 0.15) is 33.1 Å². The van der Waals surface area contributed by atoms with Gasteiger partial charge in [0.05, 0.1) is 19.1 Å². The Balaban J connectivity index is 2.94. The first-order valence-corrected chi connectivity index (χ1v) is 10.1. The van der Waals surface area contributed by atoms with E-state index >= 15 is 0 Å². The third-order valence-electron chi connectivity index (χ3n) is 3.62. The first-order valence-electron chi connectivity index (χ1n) is 8.23. The van der Waals surface area contributed by atoms with Crippen molar-refractivity contribution in [2.24, 2.45) is 0 Å². The average molecular weight is 356 g/mol. The molecule has 136 valence electrons. The molecule has 1 amide bonds. The van der Waals surface area contributed by atoms with E-state index in [4.69, 9.17) is 4.74 Å². The quantitative estimate of drug-likeness (QED) is 0.646. The van der Waals surface area contributed by atoms with Gasteiger partial charge in [-0.1, -0.05) is 26.0 Å². The van der Waals surface area contributed by atoms with Crippen molar-refractivity contribution in [3.05, 3.63) is 24.3 Å². The molecule has 1 aromatic carbocycles. The van der Waals surface area contributed by atoms with Crippen molar-refractivity contribution in [3.63, 3.8) is 0 Å². The van der Waals surface area contributed by atoms with Crippen molar-refractivity contribution in [1.29, 1.82) is 0 Å². The number of sulfonamides is 1. The summed E-state index contributed by atoms with van der Waals surface area (Å²) in [5, 5.41) is 0. The van der Waals surface area contributed by atoms with Gasteiger partial charge >= 0.3 is 0 Å². The van der Waals surface area contributed by atoms with E-state index < -0.39 is 10.0 Å². The highest BCUT2D eigenvalue weighted by molar-refractivity contribution is 7.92. The lowest BCUT2D eigenvalue weighted by Crippen LogP contribution is -2.37. The van der Waals surface area contributed by atoms with Gasteiger partial charge < -0.3 is 9.64 Å². The number of rotatable bonds is 10. The lowest BCUT2D eigenvalue weighted by molar-refractivity contribution is -0.131. The third-order valence-corrected chi connectivity index (χ3v) is 4.80. The molecule has 0 bridgehead atoms. The van der Waals surface area contributed by atoms with Crippen LogP contribution in [0.4, 0.5) is 5.69 Å². The topological polar surface area (TPSA) is 66.9 Å². The van der Waals surface area contributed by atoms with Gasteiger partial charge in [-0.2, -0.15) is 0 Å². The predicted molar refractivity (Wildman–Crippen MR) is 97.0 cm³/mol. The van der Waals surface area contributed by atoms with Crippen LogP contribution in [0.25, 0.3) is 0 Å². The fraction of sp³-hybridized carbons (Fsp3) is 0.588. The number of carbonyl (C=O) groups excluding carboxylic acids is 1. The van der Waals surface area contributed by atoms with Crippen LogP contribution in [-0.2, 0) is 14.8 Å². The molecule has 0 aliphatic rings. The monoisotopic (exact) mass is 356 g/mol. The lowest BCUT2D eigenvalue weighted by Gasteiger charge is -2.26. The van der Waals surface area contributed by atoms with E-state index in [1.54, 1.807) is 29.2 Å². The Hall–Kier alpha value is -1.76. The minimum atomic E-state index is -3.51. The molecule has 7 heteroatoms. The number of hydrogen-bond acceptors (Lipinski definition) is 4. The number of benzene rings is 1. The van der Waals surface area contributed by atoms with Gasteiger partial charge in [0.1, 0.15) is 5.75 Å². The molecule has 0 heterocycles. The van der Waals surface area contributed by atoms with Gasteiger partial charge in [-0.15, -0.1) is 0 Å². The van der Waals surface area contributed by atoms with Crippen molar-refractivity contribution in [1.82, 2.24) is 4.90 Å². The fourth-order valence-electron chi connectivity index (χ4n) is 2.56. The number of amides is 1. The van der Waals surface area contributed by atoms with Crippen LogP contribution in [0.5, 0.6) is 5.75 Å². The van der Waals surface area contributed by atoms with Crippen LogP contribution in [-0.4, -0.2) is 52.2 Å². The molecule has 0 fully saturated rings. The number of hydrogen-bond donors (Lipinski definition) is 0. The van der Waals surface area contributed by atoms with Gasteiger partial charge in [-0.05, 0) is 25.0 Å². The fourth-order valence-corrected chi connectivity index (χ4v) is 3.49. The molecule has 0 aromatic heterocycles. The van der Waals surface area contributed by atoms with E-state index in [2.05, 4.69) is 0 Å². The van der Waals surface area contributed by atoms with Gasteiger partial charge in [-0.25, -0.2) is 8.42 Å². The molecule has 1 aromatic rings. The maximum atomic E-state index is 12.4. The standard InChI is InChI=1S/C17H28N2O4S/c1-5-12-18(13-6-2)17(20)11-14-19(24(4,21)22)15-9-7-8-10-16(15)23-3/h7-10H,5-6,11-14H2,1-4H3. The Morgan fingerprint density at radius 3 is 2.17 bits per heavy atom. The highest BCUT2D eigenvalue weighted by Gasteiger charge is 2.23. The summed E-state index contributed by atoms with van der Waals surface area (Å²) in [6.45, 7) is 5.53. The zero-order valence-corrected chi connectivity index (χ0v) is 15.8. The number of ether oxygens (including phenoxy) is 1. The number of anilines is 1. The van der Waals surface area contributed by atoms with E-state index in [0.717, 1.165) is 19.1 Å². The summed E-state index contributed by atoms with van der Waals surface area (Å²) in [7, 11) is -2.02. The maximum absolute atomic E-state index is 12.4. The summed E-state index contributed by atoms with van der Waals surface area (Å²) in [6, 6.07) is 6.91. The van der Waals surface area contributed by atoms with Gasteiger partial charge in [0.2, 0.25) is 15.9 Å². The Morgan fingerprint density at radius 1 is 1.08 bits per heavy atom. The van der Waals surface area contributed by atoms with Crippen LogP contribution in [0, 0.1) is 0 Å². The summed E-state index contributed by atoms with van der Waals surface area (Å²) in [6.07, 6.45) is 3.05. The Morgan fingerprint density at radius 2 is 1.67 bits per heavy atom. The highest BCUT2D eigenvalue weighted by Crippen LogP contribution is 2.29. The summed E-state index contributed by atoms with van der Waals surface area (Å²) in [4.78, 5) is 14.2. The van der Waals surface area contributed by atoms with Gasteiger partial charge in [-0.3, -0.25) is 9.10 Å². The molecule has 0 spiro atoms. The van der Waals surface area contributed by atoms with Gasteiger partial charge in [0.15, 0.2) is 0 Å². The van der Waals surface area contributed by atoms with Crippen molar-refractivity contribution >= 4 is 21.6 Å². The third kappa shape index (κ3) is 5.70. The molecule has 0 aliphatic heterocycles. The number of para-hydroxylation sites is 2. The van der Waals surface area contributed by atoms with Crippen molar-refractivity contribution in [2.75, 3.05) is 37.3 Å². The highest BCUT2D eigenvalue weighted by atomic mass is 32.2. The molecule has 24 heavy (non-hydrogen) atoms. The lowest BCUT2D eigenvalue weighted by atomic mass is 10.2. The van der Waals surface area contributed by atoms with Crippen molar-refractivity contribution in [2.45, 2.75) is 33.1 Å². The van der Waals surface area contributed by atoms with Crippen molar-refractivity contribution < 1.29 is 17.9 Å². The van der Waals surface area contributed by atoms with E-state index in [1.165, 1.54) is 11.4 Å². The first-order chi connectivity index (χ1) is 11.3. The normalized spacial score (nSPS) is 11.2. The first kappa shape index (κ1) is 20.3. The largest absolute Gasteiger partial charge is 0.495 e. The second-order valence-electron chi connectivity index (χ2n) is 5.64. The smallest absolute Gasteiger partial charge is 0.232 e. The number of carbonyl (C=O) groups is 1. The predicted octanol–water partition coefficient (Wildman–Crippen LogP) is 2.50. The molecule has 0 aliphatic carbocycles. The summed E-state index contributed by atoms with van der Waals surface area (Å²) in [5.74, 6) is 0.441. The summed E-state index contributed by atoms with van der Waals surface area (Å²) in [5.41, 5.74) is 0.452. The van der Waals surface area contributed by atoms with Crippen LogP contribution < -0.4 is 9.04 Å². The van der Waals surface area contributed by atoms with Gasteiger partial charge in [0.25, 0.3) is 0 Å². The minimum absolute atomic E-state index is 0.0257. The Labute approximate surface area is 145 Å². The van der Waals surface area contributed by atoms with E-state index in [-0.39, 0.29) is 18.9 Å². The van der Waals surface area contributed by atoms with Crippen LogP contribution in [0.3, 0.4) is 0 Å². The van der Waals surface area contributed by atoms with E-state index in [0.29, 0.717) is 24.5 Å². The summed E-state index contributed by atoms with van der Waals surface area (Å²) < 4.78 is 30.8. The molecule has 0 N–H and O–H groups in total. The van der Waals surface area contributed by atoms with Crippen molar-refractivity contribution in [3.8, 4) is 5.75 Å². The molecule has 0 saturated carbocycles. The SMILES string of the molecule is CCCN(CCC)C(=O)CCN(c1ccccc1OC)S(C)(=O)=O. The molecule has 1 rings (SSSR count). The molecular weight excluding hydrogens is 328 g/mol. The molecule has 0 atom stereocenters. The zero-order valence-electron chi connectivity index (χ0n) is 15.0. The molecule has 6 nitrogen and oxygen atoms in total. The molecule has 0 radical (unpaired) electrons. The Kier molecular flexibility index (Phi) is 8.04.